The average molecular weight is 263 g/mol. The van der Waals surface area contributed by atoms with Crippen LogP contribution in [-0.2, 0) is 9.53 Å². The standard InChI is InChI=1S/C15H21NO3/c1-11-8-9-16(14(17)10-11)12(2)15(18)19-13-6-4-3-5-7-13/h8-10,12-13H,3-7H2,1-2H3. The molecule has 1 aromatic heterocycles. The van der Waals surface area contributed by atoms with Crippen molar-refractivity contribution in [1.82, 2.24) is 4.57 Å². The number of aryl methyl sites for hydroxylation is 1. The number of carbonyl (C=O) groups excluding carboxylic acids is 1. The molecule has 4 nitrogen and oxygen atoms in total. The van der Waals surface area contributed by atoms with E-state index in [1.807, 2.05) is 13.0 Å². The molecular formula is C15H21NO3. The third kappa shape index (κ3) is 3.46. The quantitative estimate of drug-likeness (QED) is 0.787. The van der Waals surface area contributed by atoms with Crippen LogP contribution >= 0.6 is 0 Å². The van der Waals surface area contributed by atoms with Gasteiger partial charge >= 0.3 is 5.97 Å². The lowest BCUT2D eigenvalue weighted by molar-refractivity contribution is -0.154. The molecule has 1 unspecified atom stereocenters. The maximum absolute atomic E-state index is 12.1. The monoisotopic (exact) mass is 263 g/mol. The zero-order valence-corrected chi connectivity index (χ0v) is 11.6. The lowest BCUT2D eigenvalue weighted by atomic mass is 9.98. The van der Waals surface area contributed by atoms with Gasteiger partial charge in [0.25, 0.3) is 5.56 Å². The Morgan fingerprint density at radius 1 is 1.37 bits per heavy atom. The summed E-state index contributed by atoms with van der Waals surface area (Å²) in [6.45, 7) is 3.57. The van der Waals surface area contributed by atoms with E-state index in [1.54, 1.807) is 13.1 Å². The Balaban J connectivity index is 2.03. The number of aromatic nitrogens is 1. The first-order valence-electron chi connectivity index (χ1n) is 6.97. The van der Waals surface area contributed by atoms with Crippen molar-refractivity contribution < 1.29 is 9.53 Å². The van der Waals surface area contributed by atoms with Gasteiger partial charge < -0.3 is 9.30 Å². The summed E-state index contributed by atoms with van der Waals surface area (Å²) >= 11 is 0. The molecule has 0 aliphatic heterocycles. The lowest BCUT2D eigenvalue weighted by Crippen LogP contribution is -2.31. The van der Waals surface area contributed by atoms with Crippen molar-refractivity contribution in [3.63, 3.8) is 0 Å². The predicted molar refractivity (Wildman–Crippen MR) is 73.1 cm³/mol. The zero-order chi connectivity index (χ0) is 13.8. The van der Waals surface area contributed by atoms with E-state index in [4.69, 9.17) is 4.74 Å². The molecule has 104 valence electrons. The van der Waals surface area contributed by atoms with Crippen molar-refractivity contribution in [2.45, 2.75) is 58.1 Å². The third-order valence-electron chi connectivity index (χ3n) is 3.70. The number of carbonyl (C=O) groups is 1. The SMILES string of the molecule is Cc1ccn(C(C)C(=O)OC2CCCCC2)c(=O)c1. The molecule has 1 fully saturated rings. The predicted octanol–water partition coefficient (Wildman–Crippen LogP) is 2.59. The van der Waals surface area contributed by atoms with Gasteiger partial charge in [-0.1, -0.05) is 6.42 Å². The maximum atomic E-state index is 12.1. The molecule has 0 radical (unpaired) electrons. The van der Waals surface area contributed by atoms with Crippen molar-refractivity contribution in [3.8, 4) is 0 Å². The fraction of sp³-hybridized carbons (Fsp3) is 0.600. The van der Waals surface area contributed by atoms with E-state index in [0.29, 0.717) is 0 Å². The van der Waals surface area contributed by atoms with E-state index in [9.17, 15) is 9.59 Å². The lowest BCUT2D eigenvalue weighted by Gasteiger charge is -2.24. The number of esters is 1. The molecule has 0 bridgehead atoms. The number of nitrogens with zero attached hydrogens (tertiary/aromatic N) is 1. The minimum atomic E-state index is -0.560. The van der Waals surface area contributed by atoms with Gasteiger partial charge in [0, 0.05) is 12.3 Å². The van der Waals surface area contributed by atoms with Crippen LogP contribution in [0.2, 0.25) is 0 Å². The molecule has 4 heteroatoms. The average Bonchev–Trinajstić information content (AvgIpc) is 2.39. The van der Waals surface area contributed by atoms with Crippen LogP contribution in [0.5, 0.6) is 0 Å². The molecule has 0 spiro atoms. The second-order valence-corrected chi connectivity index (χ2v) is 5.32. The van der Waals surface area contributed by atoms with E-state index < -0.39 is 6.04 Å². The number of pyridine rings is 1. The van der Waals surface area contributed by atoms with Gasteiger partial charge in [-0.3, -0.25) is 4.79 Å². The van der Waals surface area contributed by atoms with Gasteiger partial charge in [0.2, 0.25) is 0 Å². The topological polar surface area (TPSA) is 48.3 Å². The summed E-state index contributed by atoms with van der Waals surface area (Å²) in [7, 11) is 0. The smallest absolute Gasteiger partial charge is 0.329 e. The Labute approximate surface area is 113 Å². The fourth-order valence-corrected chi connectivity index (χ4v) is 2.47. The summed E-state index contributed by atoms with van der Waals surface area (Å²) in [5, 5.41) is 0. The molecule has 19 heavy (non-hydrogen) atoms. The van der Waals surface area contributed by atoms with E-state index in [-0.39, 0.29) is 17.6 Å². The molecule has 0 N–H and O–H groups in total. The number of ether oxygens (including phenoxy) is 1. The summed E-state index contributed by atoms with van der Waals surface area (Å²) in [5.41, 5.74) is 0.738. The number of rotatable bonds is 3. The Morgan fingerprint density at radius 3 is 2.68 bits per heavy atom. The van der Waals surface area contributed by atoms with Gasteiger partial charge in [0.15, 0.2) is 0 Å². The first kappa shape index (κ1) is 13.8. The van der Waals surface area contributed by atoms with Crippen LogP contribution in [-0.4, -0.2) is 16.6 Å². The van der Waals surface area contributed by atoms with Crippen LogP contribution in [0.3, 0.4) is 0 Å². The highest BCUT2D eigenvalue weighted by molar-refractivity contribution is 5.74. The molecule has 0 aromatic carbocycles. The van der Waals surface area contributed by atoms with Gasteiger partial charge in [-0.05, 0) is 51.2 Å². The van der Waals surface area contributed by atoms with Gasteiger partial charge in [0.1, 0.15) is 12.1 Å². The van der Waals surface area contributed by atoms with Crippen molar-refractivity contribution in [2.24, 2.45) is 0 Å². The van der Waals surface area contributed by atoms with Crippen LogP contribution in [0.15, 0.2) is 23.1 Å². The molecule has 1 saturated carbocycles. The molecule has 2 rings (SSSR count). The first-order chi connectivity index (χ1) is 9.08. The van der Waals surface area contributed by atoms with Crippen LogP contribution in [0.4, 0.5) is 0 Å². The highest BCUT2D eigenvalue weighted by Crippen LogP contribution is 2.21. The second kappa shape index (κ2) is 6.04. The molecule has 1 atom stereocenters. The maximum Gasteiger partial charge on any atom is 0.329 e. The number of hydrogen-bond acceptors (Lipinski definition) is 3. The Hall–Kier alpha value is -1.58. The Kier molecular flexibility index (Phi) is 4.40. The van der Waals surface area contributed by atoms with E-state index in [1.165, 1.54) is 17.1 Å². The fourth-order valence-electron chi connectivity index (χ4n) is 2.47. The highest BCUT2D eigenvalue weighted by atomic mass is 16.5. The summed E-state index contributed by atoms with van der Waals surface area (Å²) in [6.07, 6.45) is 7.05. The Bertz CT molecular complexity index is 500. The third-order valence-corrected chi connectivity index (χ3v) is 3.70. The van der Waals surface area contributed by atoms with E-state index >= 15 is 0 Å². The minimum absolute atomic E-state index is 0.0323. The van der Waals surface area contributed by atoms with Crippen LogP contribution in [0.1, 0.15) is 50.6 Å². The van der Waals surface area contributed by atoms with E-state index in [2.05, 4.69) is 0 Å². The Morgan fingerprint density at radius 2 is 2.05 bits per heavy atom. The van der Waals surface area contributed by atoms with Crippen LogP contribution in [0, 0.1) is 6.92 Å². The number of hydrogen-bond donors (Lipinski definition) is 0. The van der Waals surface area contributed by atoms with Crippen molar-refractivity contribution >= 4 is 5.97 Å². The van der Waals surface area contributed by atoms with Crippen molar-refractivity contribution in [2.75, 3.05) is 0 Å². The van der Waals surface area contributed by atoms with E-state index in [0.717, 1.165) is 31.2 Å². The molecule has 0 saturated heterocycles. The van der Waals surface area contributed by atoms with Gasteiger partial charge in [0.05, 0.1) is 0 Å². The van der Waals surface area contributed by atoms with Crippen LogP contribution < -0.4 is 5.56 Å². The van der Waals surface area contributed by atoms with Crippen molar-refractivity contribution in [3.05, 3.63) is 34.2 Å². The molecular weight excluding hydrogens is 242 g/mol. The van der Waals surface area contributed by atoms with Gasteiger partial charge in [-0.15, -0.1) is 0 Å². The summed E-state index contributed by atoms with van der Waals surface area (Å²) in [5.74, 6) is -0.308. The molecule has 1 heterocycles. The summed E-state index contributed by atoms with van der Waals surface area (Å²) in [6, 6.07) is 2.80. The summed E-state index contributed by atoms with van der Waals surface area (Å²) < 4.78 is 6.92. The largest absolute Gasteiger partial charge is 0.461 e. The second-order valence-electron chi connectivity index (χ2n) is 5.32. The molecule has 1 aromatic rings. The normalized spacial score (nSPS) is 18.0. The highest BCUT2D eigenvalue weighted by Gasteiger charge is 2.23. The van der Waals surface area contributed by atoms with Gasteiger partial charge in [-0.2, -0.15) is 0 Å². The first-order valence-corrected chi connectivity index (χ1v) is 6.97. The van der Waals surface area contributed by atoms with Gasteiger partial charge in [-0.25, -0.2) is 4.79 Å². The zero-order valence-electron chi connectivity index (χ0n) is 11.6. The van der Waals surface area contributed by atoms with Crippen LogP contribution in [0.25, 0.3) is 0 Å². The van der Waals surface area contributed by atoms with Crippen molar-refractivity contribution in [1.29, 1.82) is 0 Å². The molecule has 1 aliphatic rings. The summed E-state index contributed by atoms with van der Waals surface area (Å²) in [4.78, 5) is 23.9. The minimum Gasteiger partial charge on any atom is -0.461 e. The molecule has 0 amide bonds. The molecule has 1 aliphatic carbocycles.